The fourth-order valence-electron chi connectivity index (χ4n) is 3.77. The van der Waals surface area contributed by atoms with Gasteiger partial charge in [-0.05, 0) is 50.1 Å². The van der Waals surface area contributed by atoms with E-state index in [0.29, 0.717) is 4.90 Å². The number of hydrogen-bond acceptors (Lipinski definition) is 9. The van der Waals surface area contributed by atoms with Crippen molar-refractivity contribution in [2.24, 2.45) is 0 Å². The van der Waals surface area contributed by atoms with Gasteiger partial charge in [-0.1, -0.05) is 18.2 Å². The molecule has 0 aliphatic heterocycles. The predicted octanol–water partition coefficient (Wildman–Crippen LogP) is 2.45. The minimum Gasteiger partial charge on any atom is -0.480 e. The highest BCUT2D eigenvalue weighted by atomic mass is 19.4. The zero-order chi connectivity index (χ0) is 31.9. The van der Waals surface area contributed by atoms with Crippen LogP contribution in [0.3, 0.4) is 0 Å². The second-order valence-electron chi connectivity index (χ2n) is 9.25. The minimum atomic E-state index is -5.28. The second kappa shape index (κ2) is 13.5. The maximum Gasteiger partial charge on any atom is 0.471 e. The summed E-state index contributed by atoms with van der Waals surface area (Å²) in [6, 6.07) is 3.09. The van der Waals surface area contributed by atoms with E-state index in [4.69, 9.17) is 5.73 Å². The molecule has 0 saturated carbocycles. The molecule has 3 rings (SSSR count). The van der Waals surface area contributed by atoms with Crippen LogP contribution < -0.4 is 21.5 Å². The molecule has 43 heavy (non-hydrogen) atoms. The number of anilines is 2. The zero-order valence-electron chi connectivity index (χ0n) is 22.6. The molecule has 2 amide bonds. The van der Waals surface area contributed by atoms with Gasteiger partial charge in [0.2, 0.25) is 5.95 Å². The lowest BCUT2D eigenvalue weighted by Gasteiger charge is -2.24. The number of aromatic nitrogens is 4. The van der Waals surface area contributed by atoms with Gasteiger partial charge in [-0.15, -0.1) is 0 Å². The Balaban J connectivity index is 1.79. The first kappa shape index (κ1) is 32.1. The van der Waals surface area contributed by atoms with Gasteiger partial charge >= 0.3 is 18.1 Å². The summed E-state index contributed by atoms with van der Waals surface area (Å²) in [7, 11) is 0. The van der Waals surface area contributed by atoms with E-state index in [1.807, 2.05) is 0 Å². The number of H-pyrrole nitrogens is 1. The quantitative estimate of drug-likeness (QED) is 0.176. The Morgan fingerprint density at radius 3 is 2.47 bits per heavy atom. The topological polar surface area (TPSA) is 201 Å². The van der Waals surface area contributed by atoms with Crippen molar-refractivity contribution >= 4 is 46.4 Å². The molecule has 16 heteroatoms. The Bertz CT molecular complexity index is 1650. The highest BCUT2D eigenvalue weighted by Crippen LogP contribution is 2.26. The molecule has 3 aromatic rings. The van der Waals surface area contributed by atoms with Crippen LogP contribution in [0.5, 0.6) is 0 Å². The maximum absolute atomic E-state index is 13.5. The third-order valence-electron chi connectivity index (χ3n) is 6.05. The van der Waals surface area contributed by atoms with E-state index in [0.717, 1.165) is 36.0 Å². The lowest BCUT2D eigenvalue weighted by atomic mass is 10.0. The average Bonchev–Trinajstić information content (AvgIpc) is 2.95. The van der Waals surface area contributed by atoms with Crippen LogP contribution in [0.1, 0.15) is 42.2 Å². The van der Waals surface area contributed by atoms with Gasteiger partial charge in [0, 0.05) is 17.7 Å². The van der Waals surface area contributed by atoms with Gasteiger partial charge in [0.1, 0.15) is 6.04 Å². The summed E-state index contributed by atoms with van der Waals surface area (Å²) in [4.78, 5) is 74.4. The normalized spacial score (nSPS) is 12.4. The summed E-state index contributed by atoms with van der Waals surface area (Å²) in [6.07, 6.45) is -1.07. The van der Waals surface area contributed by atoms with Crippen molar-refractivity contribution in [2.75, 3.05) is 10.6 Å². The number of nitrogens with two attached hydrogens (primary N) is 1. The zero-order valence-corrected chi connectivity index (χ0v) is 22.6. The first-order chi connectivity index (χ1) is 20.2. The molecule has 0 radical (unpaired) electrons. The van der Waals surface area contributed by atoms with Gasteiger partial charge in [-0.3, -0.25) is 29.1 Å². The van der Waals surface area contributed by atoms with E-state index in [9.17, 15) is 42.3 Å². The van der Waals surface area contributed by atoms with Crippen molar-refractivity contribution in [3.63, 3.8) is 0 Å². The van der Waals surface area contributed by atoms with Crippen LogP contribution >= 0.6 is 0 Å². The maximum atomic E-state index is 13.5. The fraction of sp³-hybridized carbons (Fsp3) is 0.259. The molecule has 0 fully saturated rings. The van der Waals surface area contributed by atoms with Gasteiger partial charge in [-0.2, -0.15) is 18.2 Å². The molecule has 0 aliphatic carbocycles. The molecular weight excluding hydrogens is 575 g/mol. The largest absolute Gasteiger partial charge is 0.480 e. The Hall–Kier alpha value is -5.41. The lowest BCUT2D eigenvalue weighted by Crippen LogP contribution is -2.41. The SMILES string of the molecule is C=CC(=O)C/C=C(\C)CCC(NC(=O)c1ccc(N(Cc2cnc3nc(N)[nH]c(=O)c3n2)C(=O)C(F)(F)F)cc1)C(=O)O. The second-order valence-corrected chi connectivity index (χ2v) is 9.25. The molecule has 0 aliphatic rings. The van der Waals surface area contributed by atoms with Gasteiger partial charge in [0.15, 0.2) is 16.9 Å². The average molecular weight is 602 g/mol. The Kier molecular flexibility index (Phi) is 10.1. The number of ketones is 1. The van der Waals surface area contributed by atoms with E-state index in [1.165, 1.54) is 6.08 Å². The number of allylic oxidation sites excluding steroid dienone is 3. The lowest BCUT2D eigenvalue weighted by molar-refractivity contribution is -0.170. The van der Waals surface area contributed by atoms with Crippen molar-refractivity contribution in [2.45, 2.75) is 44.9 Å². The first-order valence-electron chi connectivity index (χ1n) is 12.5. The van der Waals surface area contributed by atoms with Crippen molar-refractivity contribution in [3.05, 3.63) is 76.4 Å². The number of alkyl halides is 3. The van der Waals surface area contributed by atoms with E-state index in [1.54, 1.807) is 13.0 Å². The fourth-order valence-corrected chi connectivity index (χ4v) is 3.77. The summed E-state index contributed by atoms with van der Waals surface area (Å²) in [5.74, 6) is -4.82. The number of nitrogens with zero attached hydrogens (tertiary/aromatic N) is 4. The van der Waals surface area contributed by atoms with Crippen LogP contribution in [0.25, 0.3) is 11.2 Å². The molecule has 1 unspecified atom stereocenters. The number of carboxylic acids is 1. The third-order valence-corrected chi connectivity index (χ3v) is 6.05. The van der Waals surface area contributed by atoms with E-state index in [-0.39, 0.29) is 59.1 Å². The highest BCUT2D eigenvalue weighted by Gasteiger charge is 2.43. The number of carbonyl (C=O) groups excluding carboxylic acids is 3. The number of benzene rings is 1. The van der Waals surface area contributed by atoms with Gasteiger partial charge in [-0.25, -0.2) is 14.8 Å². The van der Waals surface area contributed by atoms with Crippen molar-refractivity contribution < 1.29 is 37.5 Å². The summed E-state index contributed by atoms with van der Waals surface area (Å²) >= 11 is 0. The van der Waals surface area contributed by atoms with E-state index < -0.39 is 42.1 Å². The summed E-state index contributed by atoms with van der Waals surface area (Å²) in [5, 5.41) is 11.9. The molecule has 1 aromatic carbocycles. The third kappa shape index (κ3) is 8.54. The van der Waals surface area contributed by atoms with Crippen LogP contribution in [0, 0.1) is 0 Å². The van der Waals surface area contributed by atoms with Crippen LogP contribution in [0.15, 0.2) is 59.6 Å². The first-order valence-corrected chi connectivity index (χ1v) is 12.5. The van der Waals surface area contributed by atoms with Gasteiger partial charge in [0.25, 0.3) is 11.5 Å². The standard InChI is InChI=1S/C27H26F3N7O6/c1-3-18(38)10-4-14(2)5-11-19(24(41)42)34-22(39)15-6-8-17(9-7-15)37(25(43)27(28,29)30)13-16-12-32-21-20(33-16)23(40)36-26(31)35-21/h3-4,6-9,12,19H,1,5,10-11,13H2,2H3,(H,34,39)(H,41,42)(H3,31,32,35,36,40)/b14-4+. The number of carboxylic acid groups (broad SMARTS) is 1. The Morgan fingerprint density at radius 2 is 1.86 bits per heavy atom. The molecular formula is C27H26F3N7O6. The summed E-state index contributed by atoms with van der Waals surface area (Å²) < 4.78 is 40.4. The predicted molar refractivity (Wildman–Crippen MR) is 148 cm³/mol. The number of carbonyl (C=O) groups is 4. The van der Waals surface area contributed by atoms with E-state index >= 15 is 0 Å². The molecule has 0 bridgehead atoms. The van der Waals surface area contributed by atoms with Crippen LogP contribution in [-0.2, 0) is 20.9 Å². The summed E-state index contributed by atoms with van der Waals surface area (Å²) in [5.41, 5.74) is 4.42. The number of rotatable bonds is 12. The van der Waals surface area contributed by atoms with E-state index in [2.05, 4.69) is 31.8 Å². The molecule has 5 N–H and O–H groups in total. The minimum absolute atomic E-state index is 0.00930. The number of nitrogens with one attached hydrogen (secondary N) is 2. The molecule has 13 nitrogen and oxygen atoms in total. The molecule has 0 spiro atoms. The monoisotopic (exact) mass is 601 g/mol. The molecule has 0 saturated heterocycles. The Labute approximate surface area is 241 Å². The molecule has 226 valence electrons. The highest BCUT2D eigenvalue weighted by molar-refractivity contribution is 5.99. The molecule has 1 atom stereocenters. The number of aliphatic carboxylic acids is 1. The number of halogens is 3. The number of nitrogen functional groups attached to an aromatic ring is 1. The number of amides is 2. The number of fused-ring (bicyclic) bond motifs is 1. The van der Waals surface area contributed by atoms with Crippen molar-refractivity contribution in [1.29, 1.82) is 0 Å². The van der Waals surface area contributed by atoms with Crippen LogP contribution in [0.2, 0.25) is 0 Å². The number of hydrogen-bond donors (Lipinski definition) is 4. The molecule has 2 heterocycles. The van der Waals surface area contributed by atoms with Crippen LogP contribution in [0.4, 0.5) is 24.8 Å². The van der Waals surface area contributed by atoms with Crippen molar-refractivity contribution in [1.82, 2.24) is 25.3 Å². The number of aromatic amines is 1. The van der Waals surface area contributed by atoms with Gasteiger partial charge in [0.05, 0.1) is 18.4 Å². The van der Waals surface area contributed by atoms with Gasteiger partial charge < -0.3 is 16.2 Å². The Morgan fingerprint density at radius 1 is 1.19 bits per heavy atom. The van der Waals surface area contributed by atoms with Crippen molar-refractivity contribution in [3.8, 4) is 0 Å². The smallest absolute Gasteiger partial charge is 0.471 e. The van der Waals surface area contributed by atoms with Crippen LogP contribution in [-0.4, -0.2) is 60.8 Å². The molecule has 2 aromatic heterocycles. The summed E-state index contributed by atoms with van der Waals surface area (Å²) in [6.45, 7) is 4.33.